The van der Waals surface area contributed by atoms with Crippen molar-refractivity contribution in [3.63, 3.8) is 0 Å². The first kappa shape index (κ1) is 16.9. The molecule has 2 aromatic carbocycles. The number of nitrogens with zero attached hydrogens (tertiary/aromatic N) is 1. The van der Waals surface area contributed by atoms with Gasteiger partial charge in [-0.25, -0.2) is 4.39 Å². The van der Waals surface area contributed by atoms with Crippen molar-refractivity contribution in [3.8, 4) is 5.75 Å². The van der Waals surface area contributed by atoms with Crippen LogP contribution in [-0.2, 0) is 4.74 Å². The van der Waals surface area contributed by atoms with Crippen LogP contribution < -0.4 is 4.74 Å². The average molecular weight is 331 g/mol. The fourth-order valence-electron chi connectivity index (χ4n) is 3.15. The second-order valence-electron chi connectivity index (χ2n) is 5.84. The average Bonchev–Trinajstić information content (AvgIpc) is 2.63. The van der Waals surface area contributed by atoms with Crippen LogP contribution >= 0.6 is 0 Å². The van der Waals surface area contributed by atoms with E-state index >= 15 is 0 Å². The summed E-state index contributed by atoms with van der Waals surface area (Å²) in [6, 6.07) is 14.2. The van der Waals surface area contributed by atoms with E-state index in [1.54, 1.807) is 12.1 Å². The fourth-order valence-corrected chi connectivity index (χ4v) is 3.15. The van der Waals surface area contributed by atoms with E-state index in [0.29, 0.717) is 18.8 Å². The molecule has 2 atom stereocenters. The van der Waals surface area contributed by atoms with E-state index in [1.807, 2.05) is 30.3 Å². The Labute approximate surface area is 141 Å². The second kappa shape index (κ2) is 7.75. The summed E-state index contributed by atoms with van der Waals surface area (Å²) in [7, 11) is 1.43. The topological polar surface area (TPSA) is 41.9 Å². The zero-order valence-electron chi connectivity index (χ0n) is 13.7. The van der Waals surface area contributed by atoms with E-state index in [9.17, 15) is 9.50 Å². The lowest BCUT2D eigenvalue weighted by molar-refractivity contribution is -0.0239. The maximum Gasteiger partial charge on any atom is 0.165 e. The molecule has 0 aromatic heterocycles. The Bertz CT molecular complexity index is 659. The number of ether oxygens (including phenoxy) is 2. The van der Waals surface area contributed by atoms with Crippen molar-refractivity contribution in [1.82, 2.24) is 4.90 Å². The van der Waals surface area contributed by atoms with Crippen LogP contribution in [0.15, 0.2) is 48.5 Å². The van der Waals surface area contributed by atoms with Crippen LogP contribution in [0.3, 0.4) is 0 Å². The summed E-state index contributed by atoms with van der Waals surface area (Å²) < 4.78 is 24.4. The summed E-state index contributed by atoms with van der Waals surface area (Å²) in [5.74, 6) is -0.295. The predicted octanol–water partition coefficient (Wildman–Crippen LogP) is 2.94. The van der Waals surface area contributed by atoms with Crippen molar-refractivity contribution in [3.05, 3.63) is 65.5 Å². The quantitative estimate of drug-likeness (QED) is 0.915. The molecule has 0 saturated carbocycles. The van der Waals surface area contributed by atoms with Gasteiger partial charge >= 0.3 is 0 Å². The molecule has 1 N–H and O–H groups in total. The Kier molecular flexibility index (Phi) is 5.45. The molecule has 24 heavy (non-hydrogen) atoms. The molecule has 3 rings (SSSR count). The fraction of sp³-hybridized carbons (Fsp3) is 0.368. The second-order valence-corrected chi connectivity index (χ2v) is 5.84. The number of morpholine rings is 1. The molecular weight excluding hydrogens is 309 g/mol. The zero-order valence-corrected chi connectivity index (χ0v) is 13.7. The van der Waals surface area contributed by atoms with Crippen molar-refractivity contribution in [2.24, 2.45) is 0 Å². The van der Waals surface area contributed by atoms with Gasteiger partial charge in [-0.1, -0.05) is 36.4 Å². The first-order chi connectivity index (χ1) is 11.7. The first-order valence-electron chi connectivity index (χ1n) is 8.09. The van der Waals surface area contributed by atoms with Crippen LogP contribution in [0, 0.1) is 5.82 Å². The van der Waals surface area contributed by atoms with Crippen LogP contribution in [0.1, 0.15) is 23.3 Å². The first-order valence-corrected chi connectivity index (χ1v) is 8.09. The molecule has 0 spiro atoms. The SMILES string of the molecule is COc1ccc(C(O)C(c2ccccc2)N2CCOCC2)cc1F. The summed E-state index contributed by atoms with van der Waals surface area (Å²) in [5.41, 5.74) is 1.54. The highest BCUT2D eigenvalue weighted by atomic mass is 19.1. The van der Waals surface area contributed by atoms with Crippen LogP contribution in [-0.4, -0.2) is 43.4 Å². The minimum absolute atomic E-state index is 0.175. The van der Waals surface area contributed by atoms with Gasteiger partial charge in [0.1, 0.15) is 0 Å². The molecule has 4 nitrogen and oxygen atoms in total. The van der Waals surface area contributed by atoms with Gasteiger partial charge in [-0.05, 0) is 23.3 Å². The van der Waals surface area contributed by atoms with Crippen molar-refractivity contribution in [1.29, 1.82) is 0 Å². The number of hydrogen-bond acceptors (Lipinski definition) is 4. The van der Waals surface area contributed by atoms with Gasteiger partial charge in [0.05, 0.1) is 32.5 Å². The molecule has 2 unspecified atom stereocenters. The van der Waals surface area contributed by atoms with E-state index < -0.39 is 11.9 Å². The van der Waals surface area contributed by atoms with E-state index in [0.717, 1.165) is 18.7 Å². The summed E-state index contributed by atoms with van der Waals surface area (Å²) >= 11 is 0. The van der Waals surface area contributed by atoms with Crippen LogP contribution in [0.2, 0.25) is 0 Å². The number of benzene rings is 2. The van der Waals surface area contributed by atoms with Gasteiger partial charge < -0.3 is 14.6 Å². The predicted molar refractivity (Wildman–Crippen MR) is 89.5 cm³/mol. The third-order valence-corrected chi connectivity index (χ3v) is 4.40. The maximum atomic E-state index is 14.0. The molecule has 0 radical (unpaired) electrons. The molecule has 0 bridgehead atoms. The van der Waals surface area contributed by atoms with Gasteiger partial charge in [-0.3, -0.25) is 4.90 Å². The van der Waals surface area contributed by atoms with Crippen LogP contribution in [0.4, 0.5) is 4.39 Å². The summed E-state index contributed by atoms with van der Waals surface area (Å²) in [6.07, 6.45) is -0.842. The summed E-state index contributed by atoms with van der Waals surface area (Å²) in [5, 5.41) is 11.0. The Morgan fingerprint density at radius 2 is 1.79 bits per heavy atom. The van der Waals surface area contributed by atoms with Gasteiger partial charge in [0.2, 0.25) is 0 Å². The molecule has 2 aromatic rings. The Morgan fingerprint density at radius 3 is 2.42 bits per heavy atom. The molecule has 1 saturated heterocycles. The van der Waals surface area contributed by atoms with E-state index in [2.05, 4.69) is 4.90 Å². The molecule has 1 aliphatic rings. The lowest BCUT2D eigenvalue weighted by atomic mass is 9.94. The largest absolute Gasteiger partial charge is 0.494 e. The lowest BCUT2D eigenvalue weighted by Crippen LogP contribution is -2.41. The molecule has 0 aliphatic carbocycles. The van der Waals surface area contributed by atoms with Crippen molar-refractivity contribution >= 4 is 0 Å². The zero-order chi connectivity index (χ0) is 16.9. The van der Waals surface area contributed by atoms with E-state index in [4.69, 9.17) is 9.47 Å². The molecule has 1 aliphatic heterocycles. The molecule has 1 heterocycles. The van der Waals surface area contributed by atoms with Crippen molar-refractivity contribution in [2.75, 3.05) is 33.4 Å². The van der Waals surface area contributed by atoms with E-state index in [1.165, 1.54) is 13.2 Å². The number of rotatable bonds is 5. The lowest BCUT2D eigenvalue weighted by Gasteiger charge is -2.37. The highest BCUT2D eigenvalue weighted by Gasteiger charge is 2.30. The van der Waals surface area contributed by atoms with Gasteiger partial charge in [0.15, 0.2) is 11.6 Å². The number of methoxy groups -OCH3 is 1. The molecule has 1 fully saturated rings. The minimum atomic E-state index is -0.842. The summed E-state index contributed by atoms with van der Waals surface area (Å²) in [4.78, 5) is 2.19. The van der Waals surface area contributed by atoms with Gasteiger partial charge in [0.25, 0.3) is 0 Å². The van der Waals surface area contributed by atoms with Crippen molar-refractivity contribution < 1.29 is 19.0 Å². The molecule has 128 valence electrons. The molecule has 5 heteroatoms. The van der Waals surface area contributed by atoms with E-state index in [-0.39, 0.29) is 11.8 Å². The Balaban J connectivity index is 1.93. The van der Waals surface area contributed by atoms with Gasteiger partial charge in [-0.15, -0.1) is 0 Å². The highest BCUT2D eigenvalue weighted by molar-refractivity contribution is 5.33. The standard InChI is InChI=1S/C19H22FNO3/c1-23-17-8-7-15(13-16(17)20)19(22)18(14-5-3-2-4-6-14)21-9-11-24-12-10-21/h2-8,13,18-19,22H,9-12H2,1H3. The Morgan fingerprint density at radius 1 is 1.08 bits per heavy atom. The van der Waals surface area contributed by atoms with Gasteiger partial charge in [0, 0.05) is 13.1 Å². The smallest absolute Gasteiger partial charge is 0.165 e. The van der Waals surface area contributed by atoms with Crippen LogP contribution in [0.5, 0.6) is 5.75 Å². The third kappa shape index (κ3) is 3.59. The van der Waals surface area contributed by atoms with Crippen molar-refractivity contribution in [2.45, 2.75) is 12.1 Å². The minimum Gasteiger partial charge on any atom is -0.494 e. The highest BCUT2D eigenvalue weighted by Crippen LogP contribution is 2.35. The van der Waals surface area contributed by atoms with Gasteiger partial charge in [-0.2, -0.15) is 0 Å². The maximum absolute atomic E-state index is 14.0. The number of hydrogen-bond donors (Lipinski definition) is 1. The third-order valence-electron chi connectivity index (χ3n) is 4.40. The molecular formula is C19H22FNO3. The normalized spacial score (nSPS) is 18.1. The number of aliphatic hydroxyl groups excluding tert-OH is 1. The van der Waals surface area contributed by atoms with Crippen LogP contribution in [0.25, 0.3) is 0 Å². The molecule has 0 amide bonds. The summed E-state index contributed by atoms with van der Waals surface area (Å²) in [6.45, 7) is 2.73. The monoisotopic (exact) mass is 331 g/mol. The Hall–Kier alpha value is -1.95. The number of halogens is 1. The number of aliphatic hydroxyl groups is 1.